The van der Waals surface area contributed by atoms with Crippen LogP contribution in [0.4, 0.5) is 5.69 Å². The van der Waals surface area contributed by atoms with Gasteiger partial charge in [-0.25, -0.2) is 9.78 Å². The number of anilines is 1. The maximum absolute atomic E-state index is 12.8. The van der Waals surface area contributed by atoms with Crippen molar-refractivity contribution in [2.75, 3.05) is 11.1 Å². The zero-order valence-corrected chi connectivity index (χ0v) is 19.8. The van der Waals surface area contributed by atoms with Gasteiger partial charge in [0.2, 0.25) is 0 Å². The Morgan fingerprint density at radius 1 is 1.03 bits per heavy atom. The quantitative estimate of drug-likeness (QED) is 0.161. The monoisotopic (exact) mass is 492 g/mol. The van der Waals surface area contributed by atoms with Gasteiger partial charge in [0, 0.05) is 16.5 Å². The maximum Gasteiger partial charge on any atom is 0.345 e. The average Bonchev–Trinajstić information content (AvgIpc) is 3.37. The lowest BCUT2D eigenvalue weighted by Gasteiger charge is -2.10. The number of para-hydroxylation sites is 1. The second-order valence-corrected chi connectivity index (χ2v) is 9.28. The summed E-state index contributed by atoms with van der Waals surface area (Å²) in [6, 6.07) is 27.1. The van der Waals surface area contributed by atoms with Crippen LogP contribution in [0.2, 0.25) is 0 Å². The molecule has 0 aliphatic rings. The van der Waals surface area contributed by atoms with Gasteiger partial charge in [0.25, 0.3) is 0 Å². The van der Waals surface area contributed by atoms with Crippen molar-refractivity contribution in [1.29, 1.82) is 10.5 Å². The number of nitrogens with zero attached hydrogens (tertiary/aromatic N) is 3. The first-order valence-electron chi connectivity index (χ1n) is 10.6. The average molecular weight is 493 g/mol. The van der Waals surface area contributed by atoms with Crippen LogP contribution in [0, 0.1) is 22.7 Å². The highest BCUT2D eigenvalue weighted by Crippen LogP contribution is 2.33. The van der Waals surface area contributed by atoms with Crippen molar-refractivity contribution >= 4 is 56.1 Å². The first-order chi connectivity index (χ1) is 17.2. The summed E-state index contributed by atoms with van der Waals surface area (Å²) < 4.78 is 5.61. The summed E-state index contributed by atoms with van der Waals surface area (Å²) in [5.74, 6) is 0.167. The zero-order chi connectivity index (χ0) is 24.2. The molecule has 0 bridgehead atoms. The van der Waals surface area contributed by atoms with Gasteiger partial charge in [0.1, 0.15) is 22.2 Å². The molecule has 0 fully saturated rings. The van der Waals surface area contributed by atoms with E-state index in [9.17, 15) is 10.1 Å². The molecule has 1 N–H and O–H groups in total. The van der Waals surface area contributed by atoms with Crippen molar-refractivity contribution in [2.45, 2.75) is 0 Å². The molecule has 5 rings (SSSR count). The van der Waals surface area contributed by atoms with Crippen molar-refractivity contribution in [3.63, 3.8) is 0 Å². The van der Waals surface area contributed by atoms with Crippen LogP contribution in [0.3, 0.4) is 0 Å². The molecule has 8 heteroatoms. The lowest BCUT2D eigenvalue weighted by Crippen LogP contribution is -2.03. The molecule has 0 aliphatic carbocycles. The number of nitrogens with one attached hydrogen (secondary N) is 1. The number of nitriles is 2. The molecule has 0 saturated heterocycles. The molecule has 2 heterocycles. The molecule has 0 saturated carbocycles. The van der Waals surface area contributed by atoms with Gasteiger partial charge in [0.05, 0.1) is 28.1 Å². The SMILES string of the molecule is N#CCS/C(Nc1ccccc1)=C(\C#N)c1nc(-c2cc3c(ccc4ccccc43)oc2=O)cs1. The number of aromatic nitrogens is 1. The number of hydrogen-bond donors (Lipinski definition) is 1. The van der Waals surface area contributed by atoms with E-state index in [2.05, 4.69) is 22.4 Å². The first kappa shape index (κ1) is 22.4. The molecule has 0 radical (unpaired) electrons. The fraction of sp³-hybridized carbons (Fsp3) is 0.0370. The molecule has 35 heavy (non-hydrogen) atoms. The molecule has 0 amide bonds. The third-order valence-corrected chi connectivity index (χ3v) is 7.02. The van der Waals surface area contributed by atoms with Crippen LogP contribution in [0.25, 0.3) is 38.6 Å². The second-order valence-electron chi connectivity index (χ2n) is 7.44. The normalized spacial score (nSPS) is 11.6. The van der Waals surface area contributed by atoms with Gasteiger partial charge in [0.15, 0.2) is 0 Å². The Morgan fingerprint density at radius 2 is 1.83 bits per heavy atom. The van der Waals surface area contributed by atoms with E-state index in [4.69, 9.17) is 9.68 Å². The second kappa shape index (κ2) is 9.86. The van der Waals surface area contributed by atoms with Crippen molar-refractivity contribution in [3.05, 3.63) is 98.6 Å². The van der Waals surface area contributed by atoms with Crippen LogP contribution in [0.15, 0.2) is 92.4 Å². The fourth-order valence-corrected chi connectivity index (χ4v) is 5.26. The summed E-state index contributed by atoms with van der Waals surface area (Å²) >= 11 is 2.49. The van der Waals surface area contributed by atoms with Crippen LogP contribution in [0.5, 0.6) is 0 Å². The van der Waals surface area contributed by atoms with Gasteiger partial charge in [-0.3, -0.25) is 0 Å². The van der Waals surface area contributed by atoms with Crippen molar-refractivity contribution in [2.24, 2.45) is 0 Å². The topological polar surface area (TPSA) is 103 Å². The number of rotatable bonds is 6. The maximum atomic E-state index is 12.8. The summed E-state index contributed by atoms with van der Waals surface area (Å²) in [4.78, 5) is 17.4. The van der Waals surface area contributed by atoms with Crippen molar-refractivity contribution < 1.29 is 4.42 Å². The van der Waals surface area contributed by atoms with Crippen LogP contribution >= 0.6 is 23.1 Å². The van der Waals surface area contributed by atoms with Gasteiger partial charge in [-0.05, 0) is 35.0 Å². The minimum absolute atomic E-state index is 0.167. The van der Waals surface area contributed by atoms with Crippen LogP contribution in [-0.4, -0.2) is 10.7 Å². The van der Waals surface area contributed by atoms with Gasteiger partial charge in [-0.1, -0.05) is 60.3 Å². The summed E-state index contributed by atoms with van der Waals surface area (Å²) in [6.07, 6.45) is 0. The Balaban J connectivity index is 1.60. The smallest absolute Gasteiger partial charge is 0.345 e. The molecule has 2 aromatic heterocycles. The summed E-state index contributed by atoms with van der Waals surface area (Å²) in [6.45, 7) is 0. The van der Waals surface area contributed by atoms with E-state index < -0.39 is 5.63 Å². The molecular formula is C27H16N4O2S2. The number of thiazole rings is 1. The van der Waals surface area contributed by atoms with Crippen LogP contribution < -0.4 is 10.9 Å². The molecule has 0 unspecified atom stereocenters. The Morgan fingerprint density at radius 3 is 2.63 bits per heavy atom. The standard InChI is InChI=1S/C27H16N4O2S2/c28-12-13-34-25(30-18-7-2-1-3-8-18)22(15-29)26-31-23(16-35-26)21-14-20-19-9-5-4-6-17(19)10-11-24(20)33-27(21)32/h1-11,14,16,30H,13H2/b25-22+. The minimum Gasteiger partial charge on any atom is -0.422 e. The Kier molecular flexibility index (Phi) is 6.32. The van der Waals surface area contributed by atoms with Gasteiger partial charge in [-0.2, -0.15) is 10.5 Å². The molecule has 0 atom stereocenters. The molecule has 6 nitrogen and oxygen atoms in total. The van der Waals surface area contributed by atoms with Gasteiger partial charge < -0.3 is 9.73 Å². The lowest BCUT2D eigenvalue weighted by molar-refractivity contribution is 0.563. The summed E-state index contributed by atoms with van der Waals surface area (Å²) in [5, 5.41) is 27.8. The largest absolute Gasteiger partial charge is 0.422 e. The van der Waals surface area contributed by atoms with E-state index >= 15 is 0 Å². The highest BCUT2D eigenvalue weighted by atomic mass is 32.2. The summed E-state index contributed by atoms with van der Waals surface area (Å²) in [5.41, 5.74) is 1.88. The molecule has 3 aromatic carbocycles. The van der Waals surface area contributed by atoms with Gasteiger partial charge in [-0.15, -0.1) is 11.3 Å². The predicted molar refractivity (Wildman–Crippen MR) is 142 cm³/mol. The Labute approximate surface area is 208 Å². The predicted octanol–water partition coefficient (Wildman–Crippen LogP) is 6.63. The van der Waals surface area contributed by atoms with E-state index in [0.717, 1.165) is 21.8 Å². The minimum atomic E-state index is -0.492. The summed E-state index contributed by atoms with van der Waals surface area (Å²) in [7, 11) is 0. The fourth-order valence-electron chi connectivity index (χ4n) is 3.69. The Hall–Kier alpha value is -4.37. The number of hydrogen-bond acceptors (Lipinski definition) is 8. The van der Waals surface area contributed by atoms with Crippen molar-refractivity contribution in [1.82, 2.24) is 4.98 Å². The van der Waals surface area contributed by atoms with E-state index in [1.54, 1.807) is 17.5 Å². The highest BCUT2D eigenvalue weighted by molar-refractivity contribution is 8.03. The first-order valence-corrected chi connectivity index (χ1v) is 12.4. The van der Waals surface area contributed by atoms with Crippen LogP contribution in [0.1, 0.15) is 5.01 Å². The van der Waals surface area contributed by atoms with E-state index in [1.807, 2.05) is 60.7 Å². The number of fused-ring (bicyclic) bond motifs is 3. The lowest BCUT2D eigenvalue weighted by atomic mass is 10.0. The van der Waals surface area contributed by atoms with E-state index in [-0.39, 0.29) is 5.75 Å². The van der Waals surface area contributed by atoms with Crippen LogP contribution in [-0.2, 0) is 0 Å². The third kappa shape index (κ3) is 4.53. The molecule has 0 spiro atoms. The third-order valence-electron chi connectivity index (χ3n) is 5.29. The number of benzene rings is 3. The molecular weight excluding hydrogens is 476 g/mol. The molecule has 168 valence electrons. The highest BCUT2D eigenvalue weighted by Gasteiger charge is 2.18. The van der Waals surface area contributed by atoms with E-state index in [1.165, 1.54) is 23.1 Å². The zero-order valence-electron chi connectivity index (χ0n) is 18.2. The number of thioether (sulfide) groups is 1. The van der Waals surface area contributed by atoms with E-state index in [0.29, 0.717) is 32.5 Å². The molecule has 5 aromatic rings. The molecule has 0 aliphatic heterocycles. The van der Waals surface area contributed by atoms with Crippen molar-refractivity contribution in [3.8, 4) is 23.4 Å². The number of allylic oxidation sites excluding steroid dienone is 1. The Bertz CT molecular complexity index is 1720. The van der Waals surface area contributed by atoms with Gasteiger partial charge >= 0.3 is 5.63 Å².